The van der Waals surface area contributed by atoms with E-state index in [0.29, 0.717) is 25.4 Å². The Morgan fingerprint density at radius 3 is 2.63 bits per heavy atom. The van der Waals surface area contributed by atoms with Crippen LogP contribution in [0.5, 0.6) is 5.88 Å². The Hall–Kier alpha value is -1.56. The van der Waals surface area contributed by atoms with Crippen LogP contribution in [0.25, 0.3) is 0 Å². The van der Waals surface area contributed by atoms with Gasteiger partial charge >= 0.3 is 0 Å². The summed E-state index contributed by atoms with van der Waals surface area (Å²) in [5, 5.41) is 4.38. The number of nitrogens with zero attached hydrogens (tertiary/aromatic N) is 3. The van der Waals surface area contributed by atoms with Crippen molar-refractivity contribution in [2.45, 2.75) is 39.5 Å². The number of hydrogen-bond acceptors (Lipinski definition) is 4. The van der Waals surface area contributed by atoms with Crippen molar-refractivity contribution in [2.75, 3.05) is 19.7 Å². The van der Waals surface area contributed by atoms with E-state index in [1.54, 1.807) is 4.68 Å². The highest BCUT2D eigenvalue weighted by atomic mass is 16.5. The number of carbonyl (C=O) groups excluding carboxylic acids is 1. The molecule has 0 saturated carbocycles. The molecule has 0 radical (unpaired) electrons. The van der Waals surface area contributed by atoms with E-state index in [1.165, 1.54) is 0 Å². The number of amides is 1. The summed E-state index contributed by atoms with van der Waals surface area (Å²) in [5.74, 6) is 0.711. The third-order valence-corrected chi connectivity index (χ3v) is 3.58. The predicted molar refractivity (Wildman–Crippen MR) is 68.4 cm³/mol. The van der Waals surface area contributed by atoms with Gasteiger partial charge in [0, 0.05) is 18.7 Å². The van der Waals surface area contributed by atoms with Crippen molar-refractivity contribution in [1.82, 2.24) is 14.7 Å². The maximum absolute atomic E-state index is 12.6. The lowest BCUT2D eigenvalue weighted by Crippen LogP contribution is -2.48. The number of ether oxygens (including phenoxy) is 2. The summed E-state index contributed by atoms with van der Waals surface area (Å²) in [6.45, 7) is 8.46. The van der Waals surface area contributed by atoms with Gasteiger partial charge in [-0.05, 0) is 20.8 Å². The molecular formula is C13H19N3O3. The Balaban J connectivity index is 1.84. The van der Waals surface area contributed by atoms with Crippen LogP contribution in [0.2, 0.25) is 0 Å². The van der Waals surface area contributed by atoms with Crippen molar-refractivity contribution in [1.29, 1.82) is 0 Å². The summed E-state index contributed by atoms with van der Waals surface area (Å²) in [6, 6.07) is 0. The molecule has 2 unspecified atom stereocenters. The second kappa shape index (κ2) is 4.52. The van der Waals surface area contributed by atoms with Crippen molar-refractivity contribution >= 4 is 5.91 Å². The van der Waals surface area contributed by atoms with E-state index >= 15 is 0 Å². The predicted octanol–water partition coefficient (Wildman–Crippen LogP) is 0.833. The van der Waals surface area contributed by atoms with Crippen LogP contribution in [0, 0.1) is 6.92 Å². The normalized spacial score (nSPS) is 26.2. The van der Waals surface area contributed by atoms with Gasteiger partial charge in [0.1, 0.15) is 6.61 Å². The van der Waals surface area contributed by atoms with Crippen LogP contribution in [0.1, 0.15) is 29.9 Å². The first-order chi connectivity index (χ1) is 9.06. The van der Waals surface area contributed by atoms with Gasteiger partial charge in [0.2, 0.25) is 5.88 Å². The zero-order valence-electron chi connectivity index (χ0n) is 11.5. The number of fused-ring (bicyclic) bond motifs is 1. The van der Waals surface area contributed by atoms with Crippen LogP contribution in [-0.4, -0.2) is 52.5 Å². The fraction of sp³-hybridized carbons (Fsp3) is 0.692. The van der Waals surface area contributed by atoms with Crippen molar-refractivity contribution in [2.24, 2.45) is 0 Å². The van der Waals surface area contributed by atoms with E-state index in [0.717, 1.165) is 18.0 Å². The topological polar surface area (TPSA) is 56.6 Å². The van der Waals surface area contributed by atoms with Crippen molar-refractivity contribution in [3.8, 4) is 5.88 Å². The number of carbonyl (C=O) groups is 1. The number of hydrogen-bond donors (Lipinski definition) is 0. The standard InChI is InChI=1S/C13H19N3O3/c1-8-6-15(7-9(2)19-8)12(17)11-10(3)13-16(14-11)4-5-18-13/h8-9H,4-7H2,1-3H3. The fourth-order valence-electron chi connectivity index (χ4n) is 2.80. The molecule has 1 aromatic heterocycles. The van der Waals surface area contributed by atoms with E-state index in [4.69, 9.17) is 9.47 Å². The first-order valence-corrected chi connectivity index (χ1v) is 6.71. The molecule has 3 rings (SSSR count). The van der Waals surface area contributed by atoms with Crippen LogP contribution in [0.4, 0.5) is 0 Å². The molecule has 0 N–H and O–H groups in total. The minimum atomic E-state index is -0.0231. The van der Waals surface area contributed by atoms with E-state index in [-0.39, 0.29) is 18.1 Å². The van der Waals surface area contributed by atoms with Crippen LogP contribution < -0.4 is 4.74 Å². The molecule has 1 aromatic rings. The summed E-state index contributed by atoms with van der Waals surface area (Å²) in [7, 11) is 0. The Labute approximate surface area is 112 Å². The third-order valence-electron chi connectivity index (χ3n) is 3.58. The molecule has 0 spiro atoms. The van der Waals surface area contributed by atoms with Gasteiger partial charge in [-0.1, -0.05) is 0 Å². The van der Waals surface area contributed by atoms with Gasteiger partial charge in [-0.3, -0.25) is 4.79 Å². The van der Waals surface area contributed by atoms with Crippen molar-refractivity contribution in [3.63, 3.8) is 0 Å². The summed E-state index contributed by atoms with van der Waals surface area (Å²) in [6.07, 6.45) is 0.137. The second-order valence-electron chi connectivity index (χ2n) is 5.32. The second-order valence-corrected chi connectivity index (χ2v) is 5.32. The number of morpholine rings is 1. The largest absolute Gasteiger partial charge is 0.476 e. The Morgan fingerprint density at radius 1 is 1.32 bits per heavy atom. The molecule has 6 nitrogen and oxygen atoms in total. The molecule has 104 valence electrons. The molecule has 3 heterocycles. The van der Waals surface area contributed by atoms with Crippen LogP contribution in [0.3, 0.4) is 0 Å². The SMILES string of the molecule is Cc1c(C(=O)N2CC(C)OC(C)C2)nn2c1OCC2. The van der Waals surface area contributed by atoms with Gasteiger partial charge in [0.05, 0.1) is 18.8 Å². The fourth-order valence-corrected chi connectivity index (χ4v) is 2.80. The van der Waals surface area contributed by atoms with Crippen LogP contribution >= 0.6 is 0 Å². The first kappa shape index (κ1) is 12.5. The maximum atomic E-state index is 12.6. The summed E-state index contributed by atoms with van der Waals surface area (Å²) < 4.78 is 12.9. The van der Waals surface area contributed by atoms with E-state index in [9.17, 15) is 4.79 Å². The van der Waals surface area contributed by atoms with Gasteiger partial charge in [0.15, 0.2) is 5.69 Å². The molecule has 2 aliphatic rings. The lowest BCUT2D eigenvalue weighted by Gasteiger charge is -2.35. The molecule has 19 heavy (non-hydrogen) atoms. The van der Waals surface area contributed by atoms with Crippen LogP contribution in [0.15, 0.2) is 0 Å². The lowest BCUT2D eigenvalue weighted by atomic mass is 10.2. The Kier molecular flexibility index (Phi) is 2.97. The molecule has 2 aliphatic heterocycles. The zero-order valence-corrected chi connectivity index (χ0v) is 11.5. The highest BCUT2D eigenvalue weighted by Crippen LogP contribution is 2.26. The molecule has 1 fully saturated rings. The zero-order chi connectivity index (χ0) is 13.6. The molecule has 0 aliphatic carbocycles. The van der Waals surface area contributed by atoms with Gasteiger partial charge in [-0.25, -0.2) is 4.68 Å². The molecule has 6 heteroatoms. The van der Waals surface area contributed by atoms with E-state index < -0.39 is 0 Å². The Bertz CT molecular complexity index is 501. The molecular weight excluding hydrogens is 246 g/mol. The third kappa shape index (κ3) is 2.10. The summed E-state index contributed by atoms with van der Waals surface area (Å²) in [5.41, 5.74) is 1.35. The lowest BCUT2D eigenvalue weighted by molar-refractivity contribution is -0.0587. The average molecular weight is 265 g/mol. The highest BCUT2D eigenvalue weighted by Gasteiger charge is 2.31. The van der Waals surface area contributed by atoms with Gasteiger partial charge < -0.3 is 14.4 Å². The van der Waals surface area contributed by atoms with Gasteiger partial charge in [-0.15, -0.1) is 0 Å². The van der Waals surface area contributed by atoms with E-state index in [1.807, 2.05) is 25.7 Å². The highest BCUT2D eigenvalue weighted by molar-refractivity contribution is 5.94. The van der Waals surface area contributed by atoms with Crippen LogP contribution in [-0.2, 0) is 11.3 Å². The Morgan fingerprint density at radius 2 is 2.00 bits per heavy atom. The maximum Gasteiger partial charge on any atom is 0.274 e. The quantitative estimate of drug-likeness (QED) is 0.755. The van der Waals surface area contributed by atoms with Crippen molar-refractivity contribution < 1.29 is 14.3 Å². The summed E-state index contributed by atoms with van der Waals surface area (Å²) in [4.78, 5) is 14.4. The number of aromatic nitrogens is 2. The minimum absolute atomic E-state index is 0.0231. The minimum Gasteiger partial charge on any atom is -0.476 e. The molecule has 2 atom stereocenters. The van der Waals surface area contributed by atoms with E-state index in [2.05, 4.69) is 5.10 Å². The van der Waals surface area contributed by atoms with Gasteiger partial charge in [-0.2, -0.15) is 5.10 Å². The molecule has 0 bridgehead atoms. The van der Waals surface area contributed by atoms with Gasteiger partial charge in [0.25, 0.3) is 5.91 Å². The number of rotatable bonds is 1. The smallest absolute Gasteiger partial charge is 0.274 e. The molecule has 0 aromatic carbocycles. The first-order valence-electron chi connectivity index (χ1n) is 6.71. The molecule has 1 amide bonds. The average Bonchev–Trinajstić information content (AvgIpc) is 2.91. The van der Waals surface area contributed by atoms with Crippen molar-refractivity contribution in [3.05, 3.63) is 11.3 Å². The monoisotopic (exact) mass is 265 g/mol. The summed E-state index contributed by atoms with van der Waals surface area (Å²) >= 11 is 0. The molecule has 1 saturated heterocycles.